The van der Waals surface area contributed by atoms with Crippen LogP contribution in [0.3, 0.4) is 0 Å². The number of nitro groups is 1. The molecule has 9 heteroatoms. The van der Waals surface area contributed by atoms with Gasteiger partial charge < -0.3 is 5.73 Å². The van der Waals surface area contributed by atoms with Crippen molar-refractivity contribution in [3.8, 4) is 0 Å². The number of rotatable bonds is 6. The van der Waals surface area contributed by atoms with E-state index in [9.17, 15) is 22.9 Å². The van der Waals surface area contributed by atoms with Gasteiger partial charge in [0.25, 0.3) is 0 Å². The third-order valence-corrected chi connectivity index (χ3v) is 3.56. The molecular weight excluding hydrogens is 265 g/mol. The summed E-state index contributed by atoms with van der Waals surface area (Å²) in [7, 11) is -3.88. The van der Waals surface area contributed by atoms with Gasteiger partial charge in [-0.05, 0) is 25.1 Å². The highest BCUT2D eigenvalue weighted by Crippen LogP contribution is 2.21. The molecule has 0 amide bonds. The topological polar surface area (TPSA) is 115 Å². The molecule has 0 unspecified atom stereocenters. The summed E-state index contributed by atoms with van der Waals surface area (Å²) < 4.78 is 38.6. The van der Waals surface area contributed by atoms with E-state index in [1.807, 2.05) is 0 Å². The lowest BCUT2D eigenvalue weighted by Gasteiger charge is -2.06. The maximum atomic E-state index is 13.0. The van der Waals surface area contributed by atoms with E-state index in [4.69, 9.17) is 5.73 Å². The summed E-state index contributed by atoms with van der Waals surface area (Å²) >= 11 is 0. The lowest BCUT2D eigenvalue weighted by molar-refractivity contribution is -0.387. The molecule has 0 radical (unpaired) electrons. The largest absolute Gasteiger partial charge is 0.330 e. The van der Waals surface area contributed by atoms with E-state index in [0.29, 0.717) is 19.0 Å². The molecule has 0 heterocycles. The van der Waals surface area contributed by atoms with Crippen molar-refractivity contribution in [1.29, 1.82) is 0 Å². The molecule has 1 rings (SSSR count). The van der Waals surface area contributed by atoms with Gasteiger partial charge in [0.2, 0.25) is 15.8 Å². The second kappa shape index (κ2) is 5.85. The Morgan fingerprint density at radius 3 is 2.67 bits per heavy atom. The van der Waals surface area contributed by atoms with E-state index in [2.05, 4.69) is 4.72 Å². The highest BCUT2D eigenvalue weighted by molar-refractivity contribution is 7.89. The molecule has 0 aliphatic heterocycles. The van der Waals surface area contributed by atoms with Crippen LogP contribution in [0, 0.1) is 15.9 Å². The molecule has 1 aromatic rings. The smallest absolute Gasteiger partial charge is 0.306 e. The number of halogens is 1. The number of sulfonamides is 1. The number of nitrogens with zero attached hydrogens (tertiary/aromatic N) is 1. The Kier molecular flexibility index (Phi) is 4.70. The summed E-state index contributed by atoms with van der Waals surface area (Å²) in [5.41, 5.74) is 4.33. The van der Waals surface area contributed by atoms with Crippen molar-refractivity contribution >= 4 is 15.7 Å². The zero-order chi connectivity index (χ0) is 13.8. The number of hydrogen-bond acceptors (Lipinski definition) is 5. The zero-order valence-electron chi connectivity index (χ0n) is 9.30. The third-order valence-electron chi connectivity index (χ3n) is 2.10. The van der Waals surface area contributed by atoms with Crippen LogP contribution in [0.15, 0.2) is 23.1 Å². The van der Waals surface area contributed by atoms with Crippen LogP contribution in [-0.2, 0) is 10.0 Å². The van der Waals surface area contributed by atoms with Gasteiger partial charge in [0.15, 0.2) is 0 Å². The van der Waals surface area contributed by atoms with E-state index < -0.39 is 26.5 Å². The summed E-state index contributed by atoms with van der Waals surface area (Å²) in [5, 5.41) is 10.5. The molecule has 0 aromatic heterocycles. The first kappa shape index (κ1) is 14.5. The Hall–Kier alpha value is -1.58. The van der Waals surface area contributed by atoms with Gasteiger partial charge in [-0.3, -0.25) is 10.1 Å². The van der Waals surface area contributed by atoms with Gasteiger partial charge in [0.1, 0.15) is 0 Å². The van der Waals surface area contributed by atoms with E-state index in [1.54, 1.807) is 0 Å². The molecule has 0 bridgehead atoms. The van der Waals surface area contributed by atoms with Crippen molar-refractivity contribution in [2.75, 3.05) is 13.1 Å². The number of nitrogens with two attached hydrogens (primary N) is 1. The van der Waals surface area contributed by atoms with Crippen LogP contribution in [0.5, 0.6) is 0 Å². The fourth-order valence-electron chi connectivity index (χ4n) is 1.19. The van der Waals surface area contributed by atoms with Crippen LogP contribution in [-0.4, -0.2) is 26.4 Å². The van der Waals surface area contributed by atoms with E-state index in [1.165, 1.54) is 0 Å². The Bertz CT molecular complexity index is 547. The number of nitrogens with one attached hydrogen (secondary N) is 1. The number of hydrogen-bond donors (Lipinski definition) is 2. The molecule has 0 aliphatic carbocycles. The maximum absolute atomic E-state index is 13.0. The fourth-order valence-corrected chi connectivity index (χ4v) is 2.29. The standard InChI is InChI=1S/C9H12FN3O4S/c10-8-3-2-7(6-9(8)13(14)15)18(16,17)12-5-1-4-11/h2-3,6,12H,1,4-5,11H2. The van der Waals surface area contributed by atoms with E-state index in [-0.39, 0.29) is 11.4 Å². The highest BCUT2D eigenvalue weighted by atomic mass is 32.2. The monoisotopic (exact) mass is 277 g/mol. The molecule has 100 valence electrons. The third kappa shape index (κ3) is 3.45. The van der Waals surface area contributed by atoms with Gasteiger partial charge in [-0.1, -0.05) is 0 Å². The minimum absolute atomic E-state index is 0.115. The summed E-state index contributed by atoms with van der Waals surface area (Å²) in [6.45, 7) is 0.427. The first-order chi connectivity index (χ1) is 8.38. The van der Waals surface area contributed by atoms with Crippen molar-refractivity contribution in [3.05, 3.63) is 34.1 Å². The Balaban J connectivity index is 3.02. The summed E-state index contributed by atoms with van der Waals surface area (Å²) in [5.74, 6) is -1.08. The first-order valence-electron chi connectivity index (χ1n) is 5.02. The molecule has 0 aliphatic rings. The van der Waals surface area contributed by atoms with Crippen LogP contribution >= 0.6 is 0 Å². The SMILES string of the molecule is NCCCNS(=O)(=O)c1ccc(F)c([N+](=O)[O-])c1. The molecule has 0 spiro atoms. The average Bonchev–Trinajstić information content (AvgIpc) is 2.29. The predicted octanol–water partition coefficient (Wildman–Crippen LogP) is 0.361. The summed E-state index contributed by atoms with van der Waals surface area (Å²) in [6, 6.07) is 2.39. The zero-order valence-corrected chi connectivity index (χ0v) is 10.1. The first-order valence-corrected chi connectivity index (χ1v) is 6.50. The maximum Gasteiger partial charge on any atom is 0.306 e. The lowest BCUT2D eigenvalue weighted by atomic mass is 10.3. The van der Waals surface area contributed by atoms with Crippen LogP contribution in [0.2, 0.25) is 0 Å². The summed E-state index contributed by atoms with van der Waals surface area (Å²) in [4.78, 5) is 9.16. The quantitative estimate of drug-likeness (QED) is 0.442. The van der Waals surface area contributed by atoms with Gasteiger partial charge >= 0.3 is 5.69 Å². The van der Waals surface area contributed by atoms with Crippen LogP contribution in [0.1, 0.15) is 6.42 Å². The molecule has 3 N–H and O–H groups in total. The molecule has 1 aromatic carbocycles. The molecule has 18 heavy (non-hydrogen) atoms. The van der Waals surface area contributed by atoms with Crippen molar-refractivity contribution < 1.29 is 17.7 Å². The van der Waals surface area contributed by atoms with Crippen molar-refractivity contribution in [2.45, 2.75) is 11.3 Å². The number of benzene rings is 1. The van der Waals surface area contributed by atoms with Crippen LogP contribution in [0.25, 0.3) is 0 Å². The Labute approximate surface area is 103 Å². The van der Waals surface area contributed by atoms with Crippen LogP contribution in [0.4, 0.5) is 10.1 Å². The Morgan fingerprint density at radius 1 is 1.44 bits per heavy atom. The average molecular weight is 277 g/mol. The molecule has 0 saturated carbocycles. The van der Waals surface area contributed by atoms with Gasteiger partial charge in [-0.25, -0.2) is 13.1 Å². The molecule has 0 fully saturated rings. The second-order valence-electron chi connectivity index (χ2n) is 3.41. The highest BCUT2D eigenvalue weighted by Gasteiger charge is 2.20. The molecule has 7 nitrogen and oxygen atoms in total. The lowest BCUT2D eigenvalue weighted by Crippen LogP contribution is -2.26. The van der Waals surface area contributed by atoms with Crippen molar-refractivity contribution in [2.24, 2.45) is 5.73 Å². The van der Waals surface area contributed by atoms with Gasteiger partial charge in [-0.2, -0.15) is 4.39 Å². The predicted molar refractivity (Wildman–Crippen MR) is 61.9 cm³/mol. The molecule has 0 atom stereocenters. The Morgan fingerprint density at radius 2 is 2.11 bits per heavy atom. The van der Waals surface area contributed by atoms with Gasteiger partial charge in [0.05, 0.1) is 9.82 Å². The number of nitro benzene ring substituents is 1. The van der Waals surface area contributed by atoms with E-state index >= 15 is 0 Å². The minimum Gasteiger partial charge on any atom is -0.330 e. The second-order valence-corrected chi connectivity index (χ2v) is 5.18. The molecule has 0 saturated heterocycles. The van der Waals surface area contributed by atoms with Gasteiger partial charge in [-0.15, -0.1) is 0 Å². The van der Waals surface area contributed by atoms with E-state index in [0.717, 1.165) is 12.1 Å². The fraction of sp³-hybridized carbons (Fsp3) is 0.333. The van der Waals surface area contributed by atoms with Crippen LogP contribution < -0.4 is 10.5 Å². The summed E-state index contributed by atoms with van der Waals surface area (Å²) in [6.07, 6.45) is 0.433. The van der Waals surface area contributed by atoms with Crippen molar-refractivity contribution in [1.82, 2.24) is 4.72 Å². The normalized spacial score (nSPS) is 11.4. The molecular formula is C9H12FN3O4S. The van der Waals surface area contributed by atoms with Gasteiger partial charge in [0, 0.05) is 12.6 Å². The minimum atomic E-state index is -3.88. The van der Waals surface area contributed by atoms with Crippen molar-refractivity contribution in [3.63, 3.8) is 0 Å².